The van der Waals surface area contributed by atoms with Gasteiger partial charge in [-0.3, -0.25) is 15.0 Å². The van der Waals surface area contributed by atoms with Crippen molar-refractivity contribution in [3.8, 4) is 0 Å². The lowest BCUT2D eigenvalue weighted by molar-refractivity contribution is -0.384. The number of morpholine rings is 1. The summed E-state index contributed by atoms with van der Waals surface area (Å²) in [6, 6.07) is 3.01. The SMILES string of the molecule is O=[N+]([O-])c1cc(S(=O)(=O)C(F)F)ccc1N1CCC(CN2CCOCC2)CC1. The lowest BCUT2D eigenvalue weighted by atomic mass is 9.95. The fourth-order valence-electron chi connectivity index (χ4n) is 3.70. The molecule has 8 nitrogen and oxygen atoms in total. The van der Waals surface area contributed by atoms with E-state index in [-0.39, 0.29) is 5.69 Å². The smallest absolute Gasteiger partial charge is 0.341 e. The third-order valence-corrected chi connectivity index (χ3v) is 6.66. The first-order chi connectivity index (χ1) is 13.3. The summed E-state index contributed by atoms with van der Waals surface area (Å²) in [4.78, 5) is 14.1. The largest absolute Gasteiger partial charge is 0.379 e. The minimum atomic E-state index is -4.88. The van der Waals surface area contributed by atoms with Gasteiger partial charge in [-0.1, -0.05) is 0 Å². The number of anilines is 1. The Kier molecular flexibility index (Phi) is 6.46. The van der Waals surface area contributed by atoms with Crippen LogP contribution in [0.1, 0.15) is 12.8 Å². The number of alkyl halides is 2. The molecule has 0 N–H and O–H groups in total. The van der Waals surface area contributed by atoms with Crippen LogP contribution in [-0.2, 0) is 14.6 Å². The van der Waals surface area contributed by atoms with E-state index in [9.17, 15) is 27.3 Å². The van der Waals surface area contributed by atoms with Crippen LogP contribution in [0, 0.1) is 16.0 Å². The van der Waals surface area contributed by atoms with Crippen molar-refractivity contribution in [1.82, 2.24) is 4.90 Å². The van der Waals surface area contributed by atoms with Crippen molar-refractivity contribution in [3.63, 3.8) is 0 Å². The highest BCUT2D eigenvalue weighted by atomic mass is 32.2. The Morgan fingerprint density at radius 1 is 1.18 bits per heavy atom. The van der Waals surface area contributed by atoms with E-state index >= 15 is 0 Å². The molecule has 1 aromatic rings. The van der Waals surface area contributed by atoms with Gasteiger partial charge in [0, 0.05) is 38.8 Å². The molecule has 0 spiro atoms. The highest BCUT2D eigenvalue weighted by molar-refractivity contribution is 7.91. The Hall–Kier alpha value is -1.85. The van der Waals surface area contributed by atoms with Crippen LogP contribution in [-0.4, -0.2) is 69.9 Å². The van der Waals surface area contributed by atoms with Gasteiger partial charge in [0.2, 0.25) is 9.84 Å². The second-order valence-corrected chi connectivity index (χ2v) is 8.97. The number of nitro groups is 1. The molecular weight excluding hydrogens is 396 g/mol. The highest BCUT2D eigenvalue weighted by Gasteiger charge is 2.31. The fourth-order valence-corrected chi connectivity index (χ4v) is 4.44. The fraction of sp³-hybridized carbons (Fsp3) is 0.647. The Morgan fingerprint density at radius 2 is 1.82 bits per heavy atom. The predicted octanol–water partition coefficient (Wildman–Crippen LogP) is 2.14. The molecule has 3 rings (SSSR count). The molecular formula is C17H23F2N3O5S. The molecule has 2 heterocycles. The van der Waals surface area contributed by atoms with Crippen LogP contribution in [0.4, 0.5) is 20.2 Å². The van der Waals surface area contributed by atoms with Crippen LogP contribution in [0.15, 0.2) is 23.1 Å². The molecule has 2 aliphatic heterocycles. The molecule has 0 aliphatic carbocycles. The molecule has 0 saturated carbocycles. The van der Waals surface area contributed by atoms with E-state index in [0.717, 1.165) is 57.8 Å². The quantitative estimate of drug-likeness (QED) is 0.515. The average Bonchev–Trinajstić information content (AvgIpc) is 2.68. The maximum Gasteiger partial charge on any atom is 0.341 e. The van der Waals surface area contributed by atoms with Gasteiger partial charge in [0.15, 0.2) is 0 Å². The lowest BCUT2D eigenvalue weighted by Gasteiger charge is -2.36. The van der Waals surface area contributed by atoms with Crippen molar-refractivity contribution < 1.29 is 26.9 Å². The molecule has 0 aromatic heterocycles. The number of hydrogen-bond donors (Lipinski definition) is 0. The van der Waals surface area contributed by atoms with Gasteiger partial charge in [0.25, 0.3) is 5.69 Å². The predicted molar refractivity (Wildman–Crippen MR) is 98.5 cm³/mol. The number of nitro benzene ring substituents is 1. The van der Waals surface area contributed by atoms with E-state index in [1.54, 1.807) is 0 Å². The summed E-state index contributed by atoms with van der Waals surface area (Å²) in [7, 11) is -4.88. The van der Waals surface area contributed by atoms with Crippen molar-refractivity contribution >= 4 is 21.2 Å². The molecule has 156 valence electrons. The number of nitrogens with zero attached hydrogens (tertiary/aromatic N) is 3. The molecule has 0 unspecified atom stereocenters. The van der Waals surface area contributed by atoms with E-state index in [1.165, 1.54) is 6.07 Å². The minimum Gasteiger partial charge on any atom is -0.379 e. The monoisotopic (exact) mass is 419 g/mol. The Balaban J connectivity index is 1.71. The summed E-state index contributed by atoms with van der Waals surface area (Å²) in [5, 5.41) is 11.4. The molecule has 2 fully saturated rings. The highest BCUT2D eigenvalue weighted by Crippen LogP contribution is 2.34. The van der Waals surface area contributed by atoms with Gasteiger partial charge >= 0.3 is 5.76 Å². The summed E-state index contributed by atoms with van der Waals surface area (Å²) >= 11 is 0. The number of sulfone groups is 1. The van der Waals surface area contributed by atoms with Crippen molar-refractivity contribution in [1.29, 1.82) is 0 Å². The van der Waals surface area contributed by atoms with Crippen molar-refractivity contribution in [2.45, 2.75) is 23.5 Å². The van der Waals surface area contributed by atoms with Gasteiger partial charge in [-0.15, -0.1) is 0 Å². The number of ether oxygens (including phenoxy) is 1. The zero-order chi connectivity index (χ0) is 20.3. The lowest BCUT2D eigenvalue weighted by Crippen LogP contribution is -2.43. The number of piperidine rings is 1. The second-order valence-electron chi connectivity index (χ2n) is 7.06. The normalized spacial score (nSPS) is 19.9. The summed E-state index contributed by atoms with van der Waals surface area (Å²) in [5.74, 6) is -3.14. The number of rotatable bonds is 6. The summed E-state index contributed by atoms with van der Waals surface area (Å²) in [6.45, 7) is 5.44. The van der Waals surface area contributed by atoms with Gasteiger partial charge in [-0.2, -0.15) is 8.78 Å². The standard InChI is InChI=1S/C17H23F2N3O5S/c18-17(19)28(25,26)14-1-2-15(16(11-14)22(23)24)21-5-3-13(4-6-21)12-20-7-9-27-10-8-20/h1-2,11,13,17H,3-10,12H2. The van der Waals surface area contributed by atoms with E-state index in [4.69, 9.17) is 4.74 Å². The first-order valence-electron chi connectivity index (χ1n) is 9.14. The maximum absolute atomic E-state index is 12.7. The first-order valence-corrected chi connectivity index (χ1v) is 10.7. The number of hydrogen-bond acceptors (Lipinski definition) is 7. The van der Waals surface area contributed by atoms with Crippen molar-refractivity contribution in [2.75, 3.05) is 50.8 Å². The van der Waals surface area contributed by atoms with Crippen LogP contribution in [0.5, 0.6) is 0 Å². The molecule has 2 saturated heterocycles. The first kappa shape index (κ1) is 20.9. The zero-order valence-electron chi connectivity index (χ0n) is 15.3. The van der Waals surface area contributed by atoms with Crippen LogP contribution >= 0.6 is 0 Å². The van der Waals surface area contributed by atoms with Crippen molar-refractivity contribution in [3.05, 3.63) is 28.3 Å². The maximum atomic E-state index is 12.7. The summed E-state index contributed by atoms with van der Waals surface area (Å²) in [5.41, 5.74) is -0.198. The Bertz CT molecular complexity index is 807. The van der Waals surface area contributed by atoms with E-state index < -0.39 is 31.1 Å². The third kappa shape index (κ3) is 4.58. The van der Waals surface area contributed by atoms with Gasteiger partial charge in [-0.25, -0.2) is 8.42 Å². The van der Waals surface area contributed by atoms with Gasteiger partial charge in [0.1, 0.15) is 5.69 Å². The molecule has 0 amide bonds. The minimum absolute atomic E-state index is 0.267. The molecule has 0 atom stereocenters. The molecule has 2 aliphatic rings. The molecule has 0 radical (unpaired) electrons. The summed E-state index contributed by atoms with van der Waals surface area (Å²) < 4.78 is 54.1. The van der Waals surface area contributed by atoms with Crippen LogP contribution in [0.2, 0.25) is 0 Å². The van der Waals surface area contributed by atoms with Crippen LogP contribution < -0.4 is 4.90 Å². The summed E-state index contributed by atoms with van der Waals surface area (Å²) in [6.07, 6.45) is 1.71. The zero-order valence-corrected chi connectivity index (χ0v) is 16.1. The Morgan fingerprint density at radius 3 is 2.39 bits per heavy atom. The van der Waals surface area contributed by atoms with E-state index in [0.29, 0.717) is 19.0 Å². The van der Waals surface area contributed by atoms with Gasteiger partial charge in [-0.05, 0) is 30.9 Å². The van der Waals surface area contributed by atoms with E-state index in [1.807, 2.05) is 4.90 Å². The second kappa shape index (κ2) is 8.66. The van der Waals surface area contributed by atoms with Gasteiger partial charge < -0.3 is 9.64 Å². The number of benzene rings is 1. The van der Waals surface area contributed by atoms with Crippen LogP contribution in [0.25, 0.3) is 0 Å². The molecule has 0 bridgehead atoms. The molecule has 1 aromatic carbocycles. The van der Waals surface area contributed by atoms with Crippen molar-refractivity contribution in [2.24, 2.45) is 5.92 Å². The topological polar surface area (TPSA) is 93.0 Å². The van der Waals surface area contributed by atoms with Crippen LogP contribution in [0.3, 0.4) is 0 Å². The average molecular weight is 419 g/mol. The molecule has 28 heavy (non-hydrogen) atoms. The van der Waals surface area contributed by atoms with E-state index in [2.05, 4.69) is 4.90 Å². The molecule has 11 heteroatoms. The van der Waals surface area contributed by atoms with Gasteiger partial charge in [0.05, 0.1) is 23.0 Å². The number of halogens is 2. The Labute approximate surface area is 162 Å². The third-order valence-electron chi connectivity index (χ3n) is 5.28.